The Kier molecular flexibility index (Phi) is 5.04. The van der Waals surface area contributed by atoms with E-state index in [4.69, 9.17) is 21.1 Å². The predicted octanol–water partition coefficient (Wildman–Crippen LogP) is 0.954. The third-order valence-electron chi connectivity index (χ3n) is 1.97. The second kappa shape index (κ2) is 6.32. The first-order valence-electron chi connectivity index (χ1n) is 4.90. The van der Waals surface area contributed by atoms with Crippen molar-refractivity contribution in [2.24, 2.45) is 0 Å². The zero-order valence-electron chi connectivity index (χ0n) is 9.60. The molecule has 0 aliphatic rings. The topological polar surface area (TPSA) is 60.4 Å². The Morgan fingerprint density at radius 2 is 1.69 bits per heavy atom. The van der Waals surface area contributed by atoms with Gasteiger partial charge in [0, 0.05) is 19.0 Å². The lowest BCUT2D eigenvalue weighted by Gasteiger charge is -2.19. The molecule has 0 aromatic carbocycles. The molecule has 0 N–H and O–H groups in total. The molecule has 0 saturated heterocycles. The predicted molar refractivity (Wildman–Crippen MR) is 61.5 cm³/mol. The van der Waals surface area contributed by atoms with Crippen LogP contribution in [0, 0.1) is 0 Å². The van der Waals surface area contributed by atoms with E-state index in [1.165, 1.54) is 14.2 Å². The Morgan fingerprint density at radius 3 is 2.06 bits per heavy atom. The van der Waals surface area contributed by atoms with Gasteiger partial charge in [0.2, 0.25) is 5.95 Å². The van der Waals surface area contributed by atoms with Gasteiger partial charge in [0.15, 0.2) is 0 Å². The van der Waals surface area contributed by atoms with Gasteiger partial charge in [-0.3, -0.25) is 0 Å². The SMILES string of the molecule is CCN(CCCl)c1nc(OC)nc(OC)n1. The highest BCUT2D eigenvalue weighted by Gasteiger charge is 2.12. The lowest BCUT2D eigenvalue weighted by Crippen LogP contribution is -2.27. The van der Waals surface area contributed by atoms with E-state index in [-0.39, 0.29) is 12.0 Å². The molecule has 90 valence electrons. The fourth-order valence-electron chi connectivity index (χ4n) is 1.15. The quantitative estimate of drug-likeness (QED) is 0.697. The summed E-state index contributed by atoms with van der Waals surface area (Å²) in [6.07, 6.45) is 0. The summed E-state index contributed by atoms with van der Waals surface area (Å²) >= 11 is 5.70. The first kappa shape index (κ1) is 12.8. The standard InChI is InChI=1S/C9H15ClN4O2/c1-4-14(6-5-10)7-11-8(15-2)13-9(12-7)16-3/h4-6H2,1-3H3. The molecule has 0 amide bonds. The minimum Gasteiger partial charge on any atom is -0.467 e. The molecule has 1 rings (SSSR count). The molecule has 1 aromatic heterocycles. The minimum atomic E-state index is 0.231. The highest BCUT2D eigenvalue weighted by Crippen LogP contribution is 2.15. The summed E-state index contributed by atoms with van der Waals surface area (Å²) in [6, 6.07) is 0.463. The smallest absolute Gasteiger partial charge is 0.324 e. The third kappa shape index (κ3) is 3.10. The van der Waals surface area contributed by atoms with Crippen LogP contribution in [-0.2, 0) is 0 Å². The Hall–Kier alpha value is -1.30. The number of aromatic nitrogens is 3. The maximum atomic E-state index is 5.70. The molecule has 0 bridgehead atoms. The van der Waals surface area contributed by atoms with E-state index < -0.39 is 0 Å². The first-order valence-corrected chi connectivity index (χ1v) is 5.43. The molecule has 0 aliphatic heterocycles. The van der Waals surface area contributed by atoms with Gasteiger partial charge in [-0.05, 0) is 6.92 Å². The van der Waals surface area contributed by atoms with E-state index in [2.05, 4.69) is 15.0 Å². The number of alkyl halides is 1. The van der Waals surface area contributed by atoms with Crippen molar-refractivity contribution in [2.45, 2.75) is 6.92 Å². The molecule has 1 heterocycles. The maximum absolute atomic E-state index is 5.70. The second-order valence-corrected chi connectivity index (χ2v) is 3.26. The molecule has 16 heavy (non-hydrogen) atoms. The molecule has 6 nitrogen and oxygen atoms in total. The fraction of sp³-hybridized carbons (Fsp3) is 0.667. The van der Waals surface area contributed by atoms with Gasteiger partial charge in [-0.2, -0.15) is 9.97 Å². The number of hydrogen-bond acceptors (Lipinski definition) is 6. The first-order chi connectivity index (χ1) is 7.74. The molecule has 0 spiro atoms. The van der Waals surface area contributed by atoms with Crippen LogP contribution in [-0.4, -0.2) is 48.1 Å². The summed E-state index contributed by atoms with van der Waals surface area (Å²) in [7, 11) is 2.99. The second-order valence-electron chi connectivity index (χ2n) is 2.88. The number of nitrogens with zero attached hydrogens (tertiary/aromatic N) is 4. The van der Waals surface area contributed by atoms with E-state index in [0.717, 1.165) is 6.54 Å². The lowest BCUT2D eigenvalue weighted by molar-refractivity contribution is 0.340. The van der Waals surface area contributed by atoms with Gasteiger partial charge in [0.1, 0.15) is 0 Å². The van der Waals surface area contributed by atoms with Crippen LogP contribution in [0.4, 0.5) is 5.95 Å². The van der Waals surface area contributed by atoms with Gasteiger partial charge in [0.05, 0.1) is 14.2 Å². The summed E-state index contributed by atoms with van der Waals surface area (Å²) in [6.45, 7) is 3.41. The zero-order chi connectivity index (χ0) is 12.0. The molecule has 0 atom stereocenters. The van der Waals surface area contributed by atoms with Gasteiger partial charge < -0.3 is 14.4 Å². The van der Waals surface area contributed by atoms with Crippen LogP contribution in [0.5, 0.6) is 12.0 Å². The summed E-state index contributed by atoms with van der Waals surface area (Å²) in [5.74, 6) is 1.01. The van der Waals surface area contributed by atoms with E-state index in [1.807, 2.05) is 11.8 Å². The highest BCUT2D eigenvalue weighted by atomic mass is 35.5. The third-order valence-corrected chi connectivity index (χ3v) is 2.14. The Bertz CT molecular complexity index is 315. The zero-order valence-corrected chi connectivity index (χ0v) is 10.4. The lowest BCUT2D eigenvalue weighted by atomic mass is 10.5. The number of hydrogen-bond donors (Lipinski definition) is 0. The van der Waals surface area contributed by atoms with Gasteiger partial charge in [-0.15, -0.1) is 16.6 Å². The van der Waals surface area contributed by atoms with Crippen molar-refractivity contribution in [3.63, 3.8) is 0 Å². The van der Waals surface area contributed by atoms with Gasteiger partial charge in [-0.25, -0.2) is 0 Å². The maximum Gasteiger partial charge on any atom is 0.324 e. The van der Waals surface area contributed by atoms with E-state index in [0.29, 0.717) is 18.4 Å². The van der Waals surface area contributed by atoms with Crippen molar-refractivity contribution in [1.29, 1.82) is 0 Å². The van der Waals surface area contributed by atoms with E-state index in [1.54, 1.807) is 0 Å². The van der Waals surface area contributed by atoms with Crippen molar-refractivity contribution in [1.82, 2.24) is 15.0 Å². The van der Waals surface area contributed by atoms with Gasteiger partial charge in [0.25, 0.3) is 0 Å². The summed E-state index contributed by atoms with van der Waals surface area (Å²) in [5, 5.41) is 0. The van der Waals surface area contributed by atoms with Crippen LogP contribution in [0.25, 0.3) is 0 Å². The normalized spacial score (nSPS) is 10.0. The van der Waals surface area contributed by atoms with Crippen LogP contribution in [0.2, 0.25) is 0 Å². The van der Waals surface area contributed by atoms with Crippen LogP contribution in [0.3, 0.4) is 0 Å². The molecule has 0 fully saturated rings. The van der Waals surface area contributed by atoms with Crippen LogP contribution in [0.1, 0.15) is 6.92 Å². The summed E-state index contributed by atoms with van der Waals surface area (Å²) in [5.41, 5.74) is 0. The minimum absolute atomic E-state index is 0.231. The molecule has 7 heteroatoms. The van der Waals surface area contributed by atoms with Crippen molar-refractivity contribution in [3.8, 4) is 12.0 Å². The number of halogens is 1. The molecule has 0 unspecified atom stereocenters. The largest absolute Gasteiger partial charge is 0.467 e. The number of ether oxygens (including phenoxy) is 2. The Morgan fingerprint density at radius 1 is 1.12 bits per heavy atom. The summed E-state index contributed by atoms with van der Waals surface area (Å²) in [4.78, 5) is 14.1. The molecule has 0 radical (unpaired) electrons. The molecular formula is C9H15ClN4O2. The number of anilines is 1. The Labute approximate surface area is 99.6 Å². The van der Waals surface area contributed by atoms with Crippen molar-refractivity contribution >= 4 is 17.5 Å². The average molecular weight is 247 g/mol. The van der Waals surface area contributed by atoms with Crippen molar-refractivity contribution in [3.05, 3.63) is 0 Å². The van der Waals surface area contributed by atoms with Crippen LogP contribution < -0.4 is 14.4 Å². The van der Waals surface area contributed by atoms with Crippen molar-refractivity contribution in [2.75, 3.05) is 38.1 Å². The Balaban J connectivity index is 3.00. The monoisotopic (exact) mass is 246 g/mol. The summed E-state index contributed by atoms with van der Waals surface area (Å²) < 4.78 is 9.94. The van der Waals surface area contributed by atoms with Gasteiger partial charge in [-0.1, -0.05) is 0 Å². The molecule has 0 saturated carbocycles. The number of methoxy groups -OCH3 is 2. The number of rotatable bonds is 6. The van der Waals surface area contributed by atoms with Crippen LogP contribution in [0.15, 0.2) is 0 Å². The van der Waals surface area contributed by atoms with Crippen LogP contribution >= 0.6 is 11.6 Å². The van der Waals surface area contributed by atoms with E-state index in [9.17, 15) is 0 Å². The highest BCUT2D eigenvalue weighted by molar-refractivity contribution is 6.18. The average Bonchev–Trinajstić information content (AvgIpc) is 2.35. The molecular weight excluding hydrogens is 232 g/mol. The molecule has 1 aromatic rings. The molecule has 0 aliphatic carbocycles. The fourth-order valence-corrected chi connectivity index (χ4v) is 1.36. The van der Waals surface area contributed by atoms with E-state index >= 15 is 0 Å². The van der Waals surface area contributed by atoms with Crippen molar-refractivity contribution < 1.29 is 9.47 Å². The van der Waals surface area contributed by atoms with Gasteiger partial charge >= 0.3 is 12.0 Å².